The van der Waals surface area contributed by atoms with Crippen LogP contribution in [-0.2, 0) is 6.42 Å². The van der Waals surface area contributed by atoms with Gasteiger partial charge >= 0.3 is 0 Å². The lowest BCUT2D eigenvalue weighted by molar-refractivity contribution is 1.15. The normalized spacial score (nSPS) is 12.1. The highest BCUT2D eigenvalue weighted by Crippen LogP contribution is 2.24. The molecule has 0 amide bonds. The fourth-order valence-corrected chi connectivity index (χ4v) is 2.00. The van der Waals surface area contributed by atoms with Crippen molar-refractivity contribution < 1.29 is 0 Å². The largest absolute Gasteiger partial charge is 0.0837 e. The Morgan fingerprint density at radius 2 is 1.41 bits per heavy atom. The summed E-state index contributed by atoms with van der Waals surface area (Å²) in [5.74, 6) is 0. The summed E-state index contributed by atoms with van der Waals surface area (Å²) in [6, 6.07) is 20.5. The van der Waals surface area contributed by atoms with Crippen LogP contribution in [0.5, 0.6) is 0 Å². The Morgan fingerprint density at radius 3 is 2.00 bits per heavy atom. The van der Waals surface area contributed by atoms with Crippen molar-refractivity contribution in [3.8, 4) is 0 Å². The van der Waals surface area contributed by atoms with Gasteiger partial charge in [-0.2, -0.15) is 0 Å². The number of hydrogen-bond donors (Lipinski definition) is 0. The molecule has 0 bridgehead atoms. The van der Waals surface area contributed by atoms with Gasteiger partial charge in [0.25, 0.3) is 0 Å². The van der Waals surface area contributed by atoms with Gasteiger partial charge in [-0.25, -0.2) is 0 Å². The molecule has 0 saturated heterocycles. The average Bonchev–Trinajstić information content (AvgIpc) is 2.40. The SMILES string of the molecule is CC(Cc1ccccc1)=C(Cl)c1ccccc1. The second kappa shape index (κ2) is 5.70. The number of benzene rings is 2. The van der Waals surface area contributed by atoms with E-state index in [2.05, 4.69) is 31.2 Å². The van der Waals surface area contributed by atoms with E-state index in [0.717, 1.165) is 17.0 Å². The van der Waals surface area contributed by atoms with Gasteiger partial charge in [-0.1, -0.05) is 72.3 Å². The molecule has 1 heteroatoms. The van der Waals surface area contributed by atoms with Gasteiger partial charge in [-0.05, 0) is 30.0 Å². The molecule has 0 aliphatic rings. The third-order valence-electron chi connectivity index (χ3n) is 2.71. The maximum absolute atomic E-state index is 6.39. The molecule has 0 fully saturated rings. The van der Waals surface area contributed by atoms with E-state index < -0.39 is 0 Å². The monoisotopic (exact) mass is 242 g/mol. The van der Waals surface area contributed by atoms with Gasteiger partial charge in [0.1, 0.15) is 0 Å². The Bertz CT molecular complexity index is 498. The van der Waals surface area contributed by atoms with Crippen LogP contribution in [0.2, 0.25) is 0 Å². The molecule has 2 rings (SSSR count). The van der Waals surface area contributed by atoms with Crippen LogP contribution in [0, 0.1) is 0 Å². The lowest BCUT2D eigenvalue weighted by Gasteiger charge is -2.06. The molecule has 0 radical (unpaired) electrons. The van der Waals surface area contributed by atoms with Crippen molar-refractivity contribution in [1.82, 2.24) is 0 Å². The minimum atomic E-state index is 0.856. The first-order chi connectivity index (χ1) is 8.27. The van der Waals surface area contributed by atoms with E-state index in [4.69, 9.17) is 11.6 Å². The standard InChI is InChI=1S/C16H15Cl/c1-13(12-14-8-4-2-5-9-14)16(17)15-10-6-3-7-11-15/h2-11H,12H2,1H3. The predicted octanol–water partition coefficient (Wildman–Crippen LogP) is 4.90. The van der Waals surface area contributed by atoms with Gasteiger partial charge in [0.2, 0.25) is 0 Å². The summed E-state index contributed by atoms with van der Waals surface area (Å²) in [6.07, 6.45) is 0.897. The molecule has 0 aliphatic carbocycles. The maximum Gasteiger partial charge on any atom is 0.0470 e. The molecule has 0 N–H and O–H groups in total. The highest BCUT2D eigenvalue weighted by Gasteiger charge is 2.03. The molecule has 0 nitrogen and oxygen atoms in total. The quantitative estimate of drug-likeness (QED) is 0.718. The first-order valence-corrected chi connectivity index (χ1v) is 6.10. The molecule has 0 spiro atoms. The van der Waals surface area contributed by atoms with Gasteiger partial charge in [0.05, 0.1) is 0 Å². The highest BCUT2D eigenvalue weighted by molar-refractivity contribution is 6.49. The van der Waals surface area contributed by atoms with Gasteiger partial charge in [0, 0.05) is 5.03 Å². The first-order valence-electron chi connectivity index (χ1n) is 5.72. The Labute approximate surface area is 108 Å². The minimum Gasteiger partial charge on any atom is -0.0837 e. The fraction of sp³-hybridized carbons (Fsp3) is 0.125. The Hall–Kier alpha value is -1.53. The predicted molar refractivity (Wildman–Crippen MR) is 75.0 cm³/mol. The van der Waals surface area contributed by atoms with Crippen LogP contribution in [0.25, 0.3) is 5.03 Å². The van der Waals surface area contributed by atoms with Crippen molar-refractivity contribution in [2.45, 2.75) is 13.3 Å². The molecule has 0 saturated carbocycles. The van der Waals surface area contributed by atoms with Crippen LogP contribution in [-0.4, -0.2) is 0 Å². The topological polar surface area (TPSA) is 0 Å². The van der Waals surface area contributed by atoms with Crippen LogP contribution < -0.4 is 0 Å². The second-order valence-electron chi connectivity index (χ2n) is 4.12. The Morgan fingerprint density at radius 1 is 0.882 bits per heavy atom. The van der Waals surface area contributed by atoms with Crippen LogP contribution in [0.4, 0.5) is 0 Å². The summed E-state index contributed by atoms with van der Waals surface area (Å²) in [7, 11) is 0. The third kappa shape index (κ3) is 3.21. The van der Waals surface area contributed by atoms with Crippen molar-refractivity contribution in [3.63, 3.8) is 0 Å². The van der Waals surface area contributed by atoms with E-state index in [-0.39, 0.29) is 0 Å². The molecule has 0 atom stereocenters. The highest BCUT2D eigenvalue weighted by atomic mass is 35.5. The van der Waals surface area contributed by atoms with Crippen LogP contribution in [0.15, 0.2) is 66.2 Å². The summed E-state index contributed by atoms with van der Waals surface area (Å²) in [5.41, 5.74) is 3.57. The summed E-state index contributed by atoms with van der Waals surface area (Å²) in [6.45, 7) is 2.09. The van der Waals surface area contributed by atoms with E-state index in [0.29, 0.717) is 0 Å². The first kappa shape index (κ1) is 11.9. The number of hydrogen-bond acceptors (Lipinski definition) is 0. The van der Waals surface area contributed by atoms with E-state index in [1.807, 2.05) is 36.4 Å². The van der Waals surface area contributed by atoms with Crippen molar-refractivity contribution in [3.05, 3.63) is 77.4 Å². The van der Waals surface area contributed by atoms with Crippen molar-refractivity contribution >= 4 is 16.6 Å². The van der Waals surface area contributed by atoms with Crippen molar-refractivity contribution in [2.75, 3.05) is 0 Å². The maximum atomic E-state index is 6.39. The molecule has 2 aromatic rings. The average molecular weight is 243 g/mol. The van der Waals surface area contributed by atoms with E-state index in [1.165, 1.54) is 11.1 Å². The zero-order valence-corrected chi connectivity index (χ0v) is 10.6. The molecule has 0 aliphatic heterocycles. The Balaban J connectivity index is 2.22. The summed E-state index contributed by atoms with van der Waals surface area (Å²) >= 11 is 6.39. The van der Waals surface area contributed by atoms with Gasteiger partial charge in [0.15, 0.2) is 0 Å². The number of allylic oxidation sites excluding steroid dienone is 1. The van der Waals surface area contributed by atoms with Crippen LogP contribution >= 0.6 is 11.6 Å². The molecule has 0 unspecified atom stereocenters. The number of rotatable bonds is 3. The Kier molecular flexibility index (Phi) is 4.00. The lowest BCUT2D eigenvalue weighted by atomic mass is 10.0. The van der Waals surface area contributed by atoms with Crippen LogP contribution in [0.1, 0.15) is 18.1 Å². The summed E-state index contributed by atoms with van der Waals surface area (Å²) in [5, 5.41) is 0.856. The molecule has 0 aromatic heterocycles. The zero-order chi connectivity index (χ0) is 12.1. The molecular weight excluding hydrogens is 228 g/mol. The third-order valence-corrected chi connectivity index (χ3v) is 3.25. The van der Waals surface area contributed by atoms with Crippen molar-refractivity contribution in [1.29, 1.82) is 0 Å². The van der Waals surface area contributed by atoms with E-state index in [9.17, 15) is 0 Å². The van der Waals surface area contributed by atoms with Gasteiger partial charge in [-0.15, -0.1) is 0 Å². The lowest BCUT2D eigenvalue weighted by Crippen LogP contribution is -1.89. The molecular formula is C16H15Cl. The second-order valence-corrected chi connectivity index (χ2v) is 4.50. The van der Waals surface area contributed by atoms with Gasteiger partial charge in [-0.3, -0.25) is 0 Å². The number of halogens is 1. The van der Waals surface area contributed by atoms with Crippen LogP contribution in [0.3, 0.4) is 0 Å². The molecule has 17 heavy (non-hydrogen) atoms. The van der Waals surface area contributed by atoms with Gasteiger partial charge < -0.3 is 0 Å². The smallest absolute Gasteiger partial charge is 0.0470 e. The molecule has 2 aromatic carbocycles. The van der Waals surface area contributed by atoms with Crippen molar-refractivity contribution in [2.24, 2.45) is 0 Å². The van der Waals surface area contributed by atoms with E-state index >= 15 is 0 Å². The van der Waals surface area contributed by atoms with E-state index in [1.54, 1.807) is 0 Å². The zero-order valence-electron chi connectivity index (χ0n) is 9.86. The minimum absolute atomic E-state index is 0.856. The summed E-state index contributed by atoms with van der Waals surface area (Å²) < 4.78 is 0. The fourth-order valence-electron chi connectivity index (χ4n) is 1.81. The molecule has 86 valence electrons. The molecule has 0 heterocycles. The summed E-state index contributed by atoms with van der Waals surface area (Å²) in [4.78, 5) is 0.